The predicted octanol–water partition coefficient (Wildman–Crippen LogP) is 1.67. The van der Waals surface area contributed by atoms with E-state index >= 15 is 0 Å². The van der Waals surface area contributed by atoms with E-state index in [0.717, 1.165) is 11.4 Å². The Balaban J connectivity index is 2.04. The Kier molecular flexibility index (Phi) is 5.39. The van der Waals surface area contributed by atoms with Crippen LogP contribution < -0.4 is 10.1 Å². The van der Waals surface area contributed by atoms with Crippen LogP contribution in [0.3, 0.4) is 0 Å². The standard InChI is InChI=1S/C14H16N4O2S/c1-3-8-15-13(19)9-21-14-17-16-10-18(14)11-4-6-12(20-2)7-5-11/h3-7,10H,1,8-9H2,2H3,(H,15,19). The van der Waals surface area contributed by atoms with Crippen molar-refractivity contribution in [3.63, 3.8) is 0 Å². The van der Waals surface area contributed by atoms with Gasteiger partial charge in [-0.05, 0) is 24.3 Å². The smallest absolute Gasteiger partial charge is 0.230 e. The summed E-state index contributed by atoms with van der Waals surface area (Å²) in [5.74, 6) is 0.997. The van der Waals surface area contributed by atoms with Gasteiger partial charge in [0.05, 0.1) is 12.9 Å². The average Bonchev–Trinajstić information content (AvgIpc) is 2.99. The molecule has 2 aromatic rings. The molecule has 21 heavy (non-hydrogen) atoms. The summed E-state index contributed by atoms with van der Waals surface area (Å²) in [5, 5.41) is 11.3. The Morgan fingerprint density at radius 2 is 2.24 bits per heavy atom. The third-order valence-electron chi connectivity index (χ3n) is 2.64. The fraction of sp³-hybridized carbons (Fsp3) is 0.214. The minimum Gasteiger partial charge on any atom is -0.497 e. The Hall–Kier alpha value is -2.28. The second-order valence-electron chi connectivity index (χ2n) is 4.06. The molecule has 7 heteroatoms. The number of amides is 1. The van der Waals surface area contributed by atoms with Crippen LogP contribution in [0, 0.1) is 0 Å². The Bertz CT molecular complexity index is 610. The van der Waals surface area contributed by atoms with E-state index in [1.54, 1.807) is 19.5 Å². The van der Waals surface area contributed by atoms with Crippen molar-refractivity contribution < 1.29 is 9.53 Å². The molecular formula is C14H16N4O2S. The lowest BCUT2D eigenvalue weighted by Gasteiger charge is -2.07. The van der Waals surface area contributed by atoms with Gasteiger partial charge in [-0.3, -0.25) is 9.36 Å². The quantitative estimate of drug-likeness (QED) is 0.622. The number of nitrogens with one attached hydrogen (secondary N) is 1. The van der Waals surface area contributed by atoms with Crippen molar-refractivity contribution in [3.05, 3.63) is 43.2 Å². The van der Waals surface area contributed by atoms with Crippen LogP contribution >= 0.6 is 11.8 Å². The Morgan fingerprint density at radius 3 is 2.90 bits per heavy atom. The molecule has 0 aliphatic rings. The number of methoxy groups -OCH3 is 1. The van der Waals surface area contributed by atoms with Crippen LogP contribution in [0.2, 0.25) is 0 Å². The largest absolute Gasteiger partial charge is 0.497 e. The number of ether oxygens (including phenoxy) is 1. The van der Waals surface area contributed by atoms with Gasteiger partial charge in [0.2, 0.25) is 5.91 Å². The zero-order chi connectivity index (χ0) is 15.1. The molecule has 0 bridgehead atoms. The maximum absolute atomic E-state index is 11.6. The summed E-state index contributed by atoms with van der Waals surface area (Å²) in [7, 11) is 1.62. The number of carbonyl (C=O) groups is 1. The van der Waals surface area contributed by atoms with Crippen LogP contribution in [-0.4, -0.2) is 40.1 Å². The van der Waals surface area contributed by atoms with E-state index in [2.05, 4.69) is 22.1 Å². The minimum absolute atomic E-state index is 0.0656. The number of aromatic nitrogens is 3. The third kappa shape index (κ3) is 4.09. The summed E-state index contributed by atoms with van der Waals surface area (Å²) in [4.78, 5) is 11.6. The number of benzene rings is 1. The summed E-state index contributed by atoms with van der Waals surface area (Å²) in [6.45, 7) is 4.02. The molecule has 1 aromatic heterocycles. The van der Waals surface area contributed by atoms with E-state index < -0.39 is 0 Å². The number of rotatable bonds is 7. The molecule has 0 aliphatic carbocycles. The first kappa shape index (κ1) is 15.1. The molecule has 0 saturated heterocycles. The highest BCUT2D eigenvalue weighted by atomic mass is 32.2. The second-order valence-corrected chi connectivity index (χ2v) is 5.01. The van der Waals surface area contributed by atoms with Gasteiger partial charge in [-0.1, -0.05) is 17.8 Å². The molecule has 1 aromatic carbocycles. The minimum atomic E-state index is -0.0656. The van der Waals surface area contributed by atoms with Gasteiger partial charge in [0.15, 0.2) is 5.16 Å². The molecule has 0 atom stereocenters. The summed E-state index contributed by atoms with van der Waals surface area (Å²) in [5.41, 5.74) is 0.912. The number of thioether (sulfide) groups is 1. The first-order valence-electron chi connectivity index (χ1n) is 6.29. The Morgan fingerprint density at radius 1 is 1.48 bits per heavy atom. The molecule has 0 spiro atoms. The van der Waals surface area contributed by atoms with E-state index in [1.807, 2.05) is 28.8 Å². The summed E-state index contributed by atoms with van der Waals surface area (Å²) < 4.78 is 6.95. The molecule has 0 fully saturated rings. The normalized spacial score (nSPS) is 10.1. The highest BCUT2D eigenvalue weighted by Crippen LogP contribution is 2.21. The maximum atomic E-state index is 11.6. The van der Waals surface area contributed by atoms with Crippen molar-refractivity contribution >= 4 is 17.7 Å². The molecule has 6 nitrogen and oxygen atoms in total. The van der Waals surface area contributed by atoms with E-state index in [1.165, 1.54) is 11.8 Å². The molecule has 0 aliphatic heterocycles. The van der Waals surface area contributed by atoms with Crippen molar-refractivity contribution in [2.45, 2.75) is 5.16 Å². The van der Waals surface area contributed by atoms with E-state index in [0.29, 0.717) is 11.7 Å². The lowest BCUT2D eigenvalue weighted by molar-refractivity contribution is -0.118. The molecule has 1 amide bonds. The topological polar surface area (TPSA) is 69.0 Å². The van der Waals surface area contributed by atoms with Gasteiger partial charge in [0.25, 0.3) is 0 Å². The Labute approximate surface area is 127 Å². The molecule has 1 heterocycles. The SMILES string of the molecule is C=CCNC(=O)CSc1nncn1-c1ccc(OC)cc1. The van der Waals surface area contributed by atoms with Crippen LogP contribution in [-0.2, 0) is 4.79 Å². The second kappa shape index (κ2) is 7.49. The molecule has 2 rings (SSSR count). The first-order chi connectivity index (χ1) is 10.2. The zero-order valence-electron chi connectivity index (χ0n) is 11.7. The summed E-state index contributed by atoms with van der Waals surface area (Å²) in [6, 6.07) is 7.54. The predicted molar refractivity (Wildman–Crippen MR) is 81.8 cm³/mol. The van der Waals surface area contributed by atoms with Gasteiger partial charge in [-0.2, -0.15) is 0 Å². The van der Waals surface area contributed by atoms with E-state index in [9.17, 15) is 4.79 Å². The van der Waals surface area contributed by atoms with Gasteiger partial charge in [0.1, 0.15) is 12.1 Å². The van der Waals surface area contributed by atoms with Crippen molar-refractivity contribution in [2.24, 2.45) is 0 Å². The fourth-order valence-corrected chi connectivity index (χ4v) is 2.37. The van der Waals surface area contributed by atoms with Crippen LogP contribution in [0.15, 0.2) is 48.4 Å². The third-order valence-corrected chi connectivity index (χ3v) is 3.59. The molecule has 110 valence electrons. The van der Waals surface area contributed by atoms with Crippen LogP contribution in [0.1, 0.15) is 0 Å². The van der Waals surface area contributed by atoms with Gasteiger partial charge in [0, 0.05) is 12.2 Å². The number of hydrogen-bond donors (Lipinski definition) is 1. The van der Waals surface area contributed by atoms with Crippen molar-refractivity contribution in [1.29, 1.82) is 0 Å². The van der Waals surface area contributed by atoms with Gasteiger partial charge < -0.3 is 10.1 Å². The van der Waals surface area contributed by atoms with E-state index in [4.69, 9.17) is 4.74 Å². The monoisotopic (exact) mass is 304 g/mol. The zero-order valence-corrected chi connectivity index (χ0v) is 12.5. The number of nitrogens with zero attached hydrogens (tertiary/aromatic N) is 3. The molecule has 0 unspecified atom stereocenters. The number of carbonyl (C=O) groups excluding carboxylic acids is 1. The molecule has 0 saturated carbocycles. The lowest BCUT2D eigenvalue weighted by Crippen LogP contribution is -2.25. The van der Waals surface area contributed by atoms with Gasteiger partial charge >= 0.3 is 0 Å². The summed E-state index contributed by atoms with van der Waals surface area (Å²) in [6.07, 6.45) is 3.26. The lowest BCUT2D eigenvalue weighted by atomic mass is 10.3. The molecule has 1 N–H and O–H groups in total. The highest BCUT2D eigenvalue weighted by Gasteiger charge is 2.09. The van der Waals surface area contributed by atoms with Crippen molar-refractivity contribution in [2.75, 3.05) is 19.4 Å². The fourth-order valence-electron chi connectivity index (χ4n) is 1.61. The van der Waals surface area contributed by atoms with Crippen LogP contribution in [0.25, 0.3) is 5.69 Å². The maximum Gasteiger partial charge on any atom is 0.230 e. The molecule has 0 radical (unpaired) electrons. The molecular weight excluding hydrogens is 288 g/mol. The first-order valence-corrected chi connectivity index (χ1v) is 7.28. The van der Waals surface area contributed by atoms with E-state index in [-0.39, 0.29) is 11.7 Å². The van der Waals surface area contributed by atoms with Crippen molar-refractivity contribution in [1.82, 2.24) is 20.1 Å². The van der Waals surface area contributed by atoms with Crippen LogP contribution in [0.5, 0.6) is 5.75 Å². The highest BCUT2D eigenvalue weighted by molar-refractivity contribution is 7.99. The van der Waals surface area contributed by atoms with Gasteiger partial charge in [-0.15, -0.1) is 16.8 Å². The van der Waals surface area contributed by atoms with Crippen molar-refractivity contribution in [3.8, 4) is 11.4 Å². The summed E-state index contributed by atoms with van der Waals surface area (Å²) >= 11 is 1.33. The number of hydrogen-bond acceptors (Lipinski definition) is 5. The van der Waals surface area contributed by atoms with Crippen LogP contribution in [0.4, 0.5) is 0 Å². The van der Waals surface area contributed by atoms with Gasteiger partial charge in [-0.25, -0.2) is 0 Å². The average molecular weight is 304 g/mol.